The third kappa shape index (κ3) is 2.85. The summed E-state index contributed by atoms with van der Waals surface area (Å²) in [6, 6.07) is 0. The van der Waals surface area contributed by atoms with E-state index in [0.29, 0.717) is 18.3 Å². The molecule has 5 aliphatic carbocycles. The number of hydrogen-bond donors (Lipinski definition) is 5. The molecule has 4 fully saturated rings. The fourth-order valence-electron chi connectivity index (χ4n) is 10.9. The zero-order chi connectivity index (χ0) is 26.6. The average Bonchev–Trinajstić information content (AvgIpc) is 2.84. The highest BCUT2D eigenvalue weighted by Crippen LogP contribution is 2.75. The number of allylic oxidation sites excluding steroid dienone is 2. The number of carbonyl (C=O) groups is 1. The highest BCUT2D eigenvalue weighted by molar-refractivity contribution is 5.76. The lowest BCUT2D eigenvalue weighted by atomic mass is 9.32. The van der Waals surface area contributed by atoms with Crippen molar-refractivity contribution in [2.75, 3.05) is 6.61 Å². The summed E-state index contributed by atoms with van der Waals surface area (Å²) in [7, 11) is 0. The SMILES string of the molecule is CC1CCC2(C(=O)O)CCC3(C)C(=CCC4C5(C)C(O)C(O)C(O)C(C)(CO)C5CCC43C)C2C1C. The Morgan fingerprint density at radius 2 is 1.61 bits per heavy atom. The predicted molar refractivity (Wildman–Crippen MR) is 137 cm³/mol. The van der Waals surface area contributed by atoms with Crippen LogP contribution in [0.15, 0.2) is 11.6 Å². The molecule has 13 atom stereocenters. The van der Waals surface area contributed by atoms with Crippen molar-refractivity contribution in [3.05, 3.63) is 11.6 Å². The second kappa shape index (κ2) is 8.03. The van der Waals surface area contributed by atoms with Crippen LogP contribution in [0.4, 0.5) is 0 Å². The van der Waals surface area contributed by atoms with Crippen molar-refractivity contribution in [2.45, 2.75) is 105 Å². The Kier molecular flexibility index (Phi) is 5.95. The molecule has 13 unspecified atom stereocenters. The van der Waals surface area contributed by atoms with Gasteiger partial charge in [0.15, 0.2) is 0 Å². The summed E-state index contributed by atoms with van der Waals surface area (Å²) in [4.78, 5) is 12.8. The van der Waals surface area contributed by atoms with Gasteiger partial charge in [-0.2, -0.15) is 0 Å². The number of aliphatic hydroxyl groups is 4. The van der Waals surface area contributed by atoms with Crippen LogP contribution in [0.1, 0.15) is 86.5 Å². The van der Waals surface area contributed by atoms with Crippen molar-refractivity contribution in [1.82, 2.24) is 0 Å². The molecule has 0 saturated heterocycles. The lowest BCUT2D eigenvalue weighted by Crippen LogP contribution is -2.73. The number of rotatable bonds is 2. The molecule has 0 radical (unpaired) electrons. The van der Waals surface area contributed by atoms with Crippen LogP contribution in [0.5, 0.6) is 0 Å². The van der Waals surface area contributed by atoms with Crippen molar-refractivity contribution in [2.24, 2.45) is 56.7 Å². The summed E-state index contributed by atoms with van der Waals surface area (Å²) in [5, 5.41) is 54.5. The predicted octanol–water partition coefficient (Wildman–Crippen LogP) is 4.00. The quantitative estimate of drug-likeness (QED) is 0.363. The Morgan fingerprint density at radius 3 is 2.22 bits per heavy atom. The first-order chi connectivity index (χ1) is 16.7. The molecule has 0 spiro atoms. The average molecular weight is 505 g/mol. The normalized spacial score (nSPS) is 58.6. The summed E-state index contributed by atoms with van der Waals surface area (Å²) in [6.45, 7) is 12.9. The van der Waals surface area contributed by atoms with Gasteiger partial charge < -0.3 is 25.5 Å². The number of carboxylic acids is 1. The zero-order valence-corrected chi connectivity index (χ0v) is 23.0. The topological polar surface area (TPSA) is 118 Å². The van der Waals surface area contributed by atoms with Gasteiger partial charge in [0, 0.05) is 10.8 Å². The highest BCUT2D eigenvalue weighted by atomic mass is 16.4. The van der Waals surface area contributed by atoms with Crippen LogP contribution >= 0.6 is 0 Å². The second-order valence-corrected chi connectivity index (χ2v) is 14.5. The molecule has 6 heteroatoms. The minimum Gasteiger partial charge on any atom is -0.481 e. The van der Waals surface area contributed by atoms with Gasteiger partial charge in [-0.15, -0.1) is 0 Å². The molecule has 0 heterocycles. The van der Waals surface area contributed by atoms with Crippen LogP contribution in [0, 0.1) is 56.7 Å². The Morgan fingerprint density at radius 1 is 0.944 bits per heavy atom. The number of fused-ring (bicyclic) bond motifs is 7. The number of aliphatic hydroxyl groups excluding tert-OH is 4. The third-order valence-electron chi connectivity index (χ3n) is 13.7. The minimum atomic E-state index is -1.31. The Bertz CT molecular complexity index is 963. The van der Waals surface area contributed by atoms with E-state index in [1.54, 1.807) is 0 Å². The van der Waals surface area contributed by atoms with E-state index in [9.17, 15) is 30.3 Å². The van der Waals surface area contributed by atoms with Crippen molar-refractivity contribution >= 4 is 5.97 Å². The van der Waals surface area contributed by atoms with Crippen LogP contribution in [0.3, 0.4) is 0 Å². The monoisotopic (exact) mass is 504 g/mol. The summed E-state index contributed by atoms with van der Waals surface area (Å²) < 4.78 is 0. The van der Waals surface area contributed by atoms with Gasteiger partial charge in [0.2, 0.25) is 0 Å². The molecule has 0 amide bonds. The first kappa shape index (κ1) is 26.6. The van der Waals surface area contributed by atoms with E-state index in [-0.39, 0.29) is 35.2 Å². The van der Waals surface area contributed by atoms with Gasteiger partial charge in [0.1, 0.15) is 6.10 Å². The molecule has 0 bridgehead atoms. The van der Waals surface area contributed by atoms with E-state index in [0.717, 1.165) is 38.5 Å². The molecule has 5 aliphatic rings. The fraction of sp³-hybridized carbons (Fsp3) is 0.900. The third-order valence-corrected chi connectivity index (χ3v) is 13.7. The molecule has 5 N–H and O–H groups in total. The molecule has 5 rings (SSSR count). The smallest absolute Gasteiger partial charge is 0.310 e. The van der Waals surface area contributed by atoms with Crippen LogP contribution in [-0.2, 0) is 4.79 Å². The van der Waals surface area contributed by atoms with E-state index in [1.807, 2.05) is 6.92 Å². The molecule has 0 aromatic rings. The lowest BCUT2D eigenvalue weighted by molar-refractivity contribution is -0.287. The van der Waals surface area contributed by atoms with E-state index in [1.165, 1.54) is 5.57 Å². The van der Waals surface area contributed by atoms with E-state index >= 15 is 0 Å². The maximum Gasteiger partial charge on any atom is 0.310 e. The van der Waals surface area contributed by atoms with Crippen LogP contribution in [0.25, 0.3) is 0 Å². The van der Waals surface area contributed by atoms with Crippen molar-refractivity contribution < 1.29 is 30.3 Å². The van der Waals surface area contributed by atoms with Gasteiger partial charge >= 0.3 is 5.97 Å². The van der Waals surface area contributed by atoms with Crippen molar-refractivity contribution in [3.63, 3.8) is 0 Å². The van der Waals surface area contributed by atoms with E-state index in [2.05, 4.69) is 40.7 Å². The zero-order valence-electron chi connectivity index (χ0n) is 23.0. The Labute approximate surface area is 216 Å². The number of hydrogen-bond acceptors (Lipinski definition) is 5. The molecule has 204 valence electrons. The highest BCUT2D eigenvalue weighted by Gasteiger charge is 2.72. The van der Waals surface area contributed by atoms with E-state index < -0.39 is 40.5 Å². The van der Waals surface area contributed by atoms with Gasteiger partial charge in [-0.1, -0.05) is 53.2 Å². The molecule has 4 saturated carbocycles. The molecule has 36 heavy (non-hydrogen) atoms. The summed E-state index contributed by atoms with van der Waals surface area (Å²) in [5.41, 5.74) is -1.32. The molecule has 0 aliphatic heterocycles. The maximum atomic E-state index is 12.8. The second-order valence-electron chi connectivity index (χ2n) is 14.5. The van der Waals surface area contributed by atoms with Crippen LogP contribution in [-0.4, -0.2) is 56.4 Å². The molecular formula is C30H48O6. The molecular weight excluding hydrogens is 456 g/mol. The molecule has 6 nitrogen and oxygen atoms in total. The van der Waals surface area contributed by atoms with Crippen LogP contribution < -0.4 is 0 Å². The Hall–Kier alpha value is -0.950. The fourth-order valence-corrected chi connectivity index (χ4v) is 10.9. The van der Waals surface area contributed by atoms with Crippen LogP contribution in [0.2, 0.25) is 0 Å². The first-order valence-corrected chi connectivity index (χ1v) is 14.3. The van der Waals surface area contributed by atoms with Gasteiger partial charge in [0.25, 0.3) is 0 Å². The van der Waals surface area contributed by atoms with Crippen molar-refractivity contribution in [1.29, 1.82) is 0 Å². The first-order valence-electron chi connectivity index (χ1n) is 14.3. The largest absolute Gasteiger partial charge is 0.481 e. The molecule has 0 aromatic carbocycles. The maximum absolute atomic E-state index is 12.8. The van der Waals surface area contributed by atoms with Gasteiger partial charge in [-0.05, 0) is 85.4 Å². The van der Waals surface area contributed by atoms with E-state index in [4.69, 9.17) is 0 Å². The Balaban J connectivity index is 1.65. The lowest BCUT2D eigenvalue weighted by Gasteiger charge is -2.72. The minimum absolute atomic E-state index is 0.0206. The summed E-state index contributed by atoms with van der Waals surface area (Å²) in [5.74, 6) is 0.0710. The number of carboxylic acid groups (broad SMARTS) is 1. The summed E-state index contributed by atoms with van der Waals surface area (Å²) in [6.07, 6.45) is 4.32. The van der Waals surface area contributed by atoms with Crippen molar-refractivity contribution in [3.8, 4) is 0 Å². The summed E-state index contributed by atoms with van der Waals surface area (Å²) >= 11 is 0. The van der Waals surface area contributed by atoms with Gasteiger partial charge in [-0.3, -0.25) is 4.79 Å². The standard InChI is InChI=1S/C30H48O6/c1-16-9-12-30(25(35)36)14-13-27(4)18(21(30)17(16)2)7-8-20-28(27,5)11-10-19-26(3,15-31)23(33)22(32)24(34)29(19,20)6/h7,16-17,19-24,31-34H,8-15H2,1-6H3,(H,35,36). The molecule has 0 aromatic heterocycles. The van der Waals surface area contributed by atoms with Gasteiger partial charge in [-0.25, -0.2) is 0 Å². The number of aliphatic carboxylic acids is 1. The van der Waals surface area contributed by atoms with Gasteiger partial charge in [0.05, 0.1) is 24.2 Å².